The summed E-state index contributed by atoms with van der Waals surface area (Å²) in [5, 5.41) is 11.8. The summed E-state index contributed by atoms with van der Waals surface area (Å²) < 4.78 is 4.99. The summed E-state index contributed by atoms with van der Waals surface area (Å²) in [5.41, 5.74) is 0.685. The van der Waals surface area contributed by atoms with Gasteiger partial charge in [-0.05, 0) is 18.2 Å². The number of ether oxygens (including phenoxy) is 1. The van der Waals surface area contributed by atoms with Gasteiger partial charge in [0.1, 0.15) is 5.75 Å². The Morgan fingerprint density at radius 3 is 2.92 bits per heavy atom. The molecule has 3 nitrogen and oxygen atoms in total. The fourth-order valence-corrected chi connectivity index (χ4v) is 1.02. The van der Waals surface area contributed by atoms with Crippen LogP contribution in [0.4, 0.5) is 0 Å². The van der Waals surface area contributed by atoms with Gasteiger partial charge in [-0.25, -0.2) is 0 Å². The van der Waals surface area contributed by atoms with Gasteiger partial charge in [0.25, 0.3) is 0 Å². The minimum atomic E-state index is 0.584. The van der Waals surface area contributed by atoms with Crippen LogP contribution in [0.15, 0.2) is 23.4 Å². The fraction of sp³-hybridized carbons (Fsp3) is 0.125. The summed E-state index contributed by atoms with van der Waals surface area (Å²) in [7, 11) is 1.53. The third-order valence-electron chi connectivity index (χ3n) is 1.39. The number of halogens is 1. The first-order chi connectivity index (χ1) is 5.77. The number of methoxy groups -OCH3 is 1. The van der Waals surface area contributed by atoms with Crippen LogP contribution in [-0.2, 0) is 0 Å². The largest absolute Gasteiger partial charge is 0.496 e. The average molecular weight is 186 g/mol. The molecule has 0 saturated heterocycles. The number of benzene rings is 1. The zero-order valence-electron chi connectivity index (χ0n) is 6.49. The van der Waals surface area contributed by atoms with Crippen LogP contribution in [-0.4, -0.2) is 18.5 Å². The second-order valence-corrected chi connectivity index (χ2v) is 2.57. The molecule has 0 aromatic heterocycles. The van der Waals surface area contributed by atoms with Crippen molar-refractivity contribution in [1.29, 1.82) is 0 Å². The zero-order valence-corrected chi connectivity index (χ0v) is 7.25. The standard InChI is InChI=1S/C8H8ClNO2/c1-12-8-4-7(9)3-2-6(8)5-10-11/h2-5,11H,1H3/b10-5-. The van der Waals surface area contributed by atoms with Crippen molar-refractivity contribution < 1.29 is 9.94 Å². The molecule has 1 N–H and O–H groups in total. The van der Waals surface area contributed by atoms with Gasteiger partial charge in [0, 0.05) is 10.6 Å². The van der Waals surface area contributed by atoms with Crippen molar-refractivity contribution in [3.63, 3.8) is 0 Å². The Balaban J connectivity index is 3.10. The molecule has 64 valence electrons. The topological polar surface area (TPSA) is 41.8 Å². The Kier molecular flexibility index (Phi) is 2.94. The minimum Gasteiger partial charge on any atom is -0.496 e. The summed E-state index contributed by atoms with van der Waals surface area (Å²) in [6, 6.07) is 5.06. The molecular weight excluding hydrogens is 178 g/mol. The lowest BCUT2D eigenvalue weighted by atomic mass is 10.2. The van der Waals surface area contributed by atoms with Crippen molar-refractivity contribution in [3.05, 3.63) is 28.8 Å². The van der Waals surface area contributed by atoms with Crippen molar-refractivity contribution in [2.45, 2.75) is 0 Å². The Hall–Kier alpha value is -1.22. The molecule has 4 heteroatoms. The van der Waals surface area contributed by atoms with E-state index in [9.17, 15) is 0 Å². The Bertz CT molecular complexity index is 299. The Morgan fingerprint density at radius 1 is 1.58 bits per heavy atom. The molecule has 0 radical (unpaired) electrons. The highest BCUT2D eigenvalue weighted by Crippen LogP contribution is 2.21. The third kappa shape index (κ3) is 1.89. The summed E-state index contributed by atoms with van der Waals surface area (Å²) in [6.07, 6.45) is 1.29. The molecule has 0 saturated carbocycles. The fourth-order valence-electron chi connectivity index (χ4n) is 0.854. The lowest BCUT2D eigenvalue weighted by Gasteiger charge is -2.03. The molecular formula is C8H8ClNO2. The zero-order chi connectivity index (χ0) is 8.97. The quantitative estimate of drug-likeness (QED) is 0.436. The van der Waals surface area contributed by atoms with Gasteiger partial charge in [-0.3, -0.25) is 0 Å². The number of nitrogens with zero attached hydrogens (tertiary/aromatic N) is 1. The van der Waals surface area contributed by atoms with E-state index in [4.69, 9.17) is 21.5 Å². The second-order valence-electron chi connectivity index (χ2n) is 2.13. The van der Waals surface area contributed by atoms with Crippen LogP contribution in [0.3, 0.4) is 0 Å². The van der Waals surface area contributed by atoms with Crippen LogP contribution in [0.2, 0.25) is 5.02 Å². The average Bonchev–Trinajstić information content (AvgIpc) is 2.08. The van der Waals surface area contributed by atoms with Gasteiger partial charge in [0.2, 0.25) is 0 Å². The van der Waals surface area contributed by atoms with Crippen molar-refractivity contribution >= 4 is 17.8 Å². The molecule has 12 heavy (non-hydrogen) atoms. The maximum Gasteiger partial charge on any atom is 0.129 e. The van der Waals surface area contributed by atoms with Gasteiger partial charge in [-0.15, -0.1) is 0 Å². The van der Waals surface area contributed by atoms with Crippen LogP contribution in [0.5, 0.6) is 5.75 Å². The smallest absolute Gasteiger partial charge is 0.129 e. The highest BCUT2D eigenvalue weighted by molar-refractivity contribution is 6.30. The maximum atomic E-state index is 8.29. The van der Waals surface area contributed by atoms with Crippen LogP contribution < -0.4 is 4.74 Å². The van der Waals surface area contributed by atoms with Gasteiger partial charge >= 0.3 is 0 Å². The van der Waals surface area contributed by atoms with E-state index in [1.807, 2.05) is 0 Å². The highest BCUT2D eigenvalue weighted by Gasteiger charge is 2.00. The summed E-state index contributed by atoms with van der Waals surface area (Å²) in [6.45, 7) is 0. The molecule has 1 aromatic carbocycles. The first-order valence-corrected chi connectivity index (χ1v) is 3.66. The van der Waals surface area contributed by atoms with Gasteiger partial charge in [-0.1, -0.05) is 16.8 Å². The van der Waals surface area contributed by atoms with Crippen LogP contribution in [0.1, 0.15) is 5.56 Å². The second kappa shape index (κ2) is 3.97. The summed E-state index contributed by atoms with van der Waals surface area (Å²) >= 11 is 5.71. The molecule has 1 aromatic rings. The number of hydrogen-bond donors (Lipinski definition) is 1. The monoisotopic (exact) mass is 185 g/mol. The van der Waals surface area contributed by atoms with Crippen LogP contribution in [0, 0.1) is 0 Å². The highest BCUT2D eigenvalue weighted by atomic mass is 35.5. The maximum absolute atomic E-state index is 8.29. The molecule has 0 aliphatic carbocycles. The number of hydrogen-bond acceptors (Lipinski definition) is 3. The normalized spacial score (nSPS) is 10.5. The molecule has 0 spiro atoms. The van der Waals surface area contributed by atoms with E-state index < -0.39 is 0 Å². The first kappa shape index (κ1) is 8.87. The number of oxime groups is 1. The van der Waals surface area contributed by atoms with E-state index in [0.29, 0.717) is 16.3 Å². The Labute approximate surface area is 75.2 Å². The van der Waals surface area contributed by atoms with Crippen molar-refractivity contribution in [2.24, 2.45) is 5.16 Å². The Morgan fingerprint density at radius 2 is 2.33 bits per heavy atom. The molecule has 0 heterocycles. The predicted molar refractivity (Wildman–Crippen MR) is 47.4 cm³/mol. The molecule has 0 aliphatic heterocycles. The molecule has 0 unspecified atom stereocenters. The minimum absolute atomic E-state index is 0.584. The molecule has 0 fully saturated rings. The number of rotatable bonds is 2. The van der Waals surface area contributed by atoms with Gasteiger partial charge in [-0.2, -0.15) is 0 Å². The lowest BCUT2D eigenvalue weighted by Crippen LogP contribution is -1.90. The van der Waals surface area contributed by atoms with E-state index in [0.717, 1.165) is 0 Å². The van der Waals surface area contributed by atoms with Crippen LogP contribution in [0.25, 0.3) is 0 Å². The van der Waals surface area contributed by atoms with E-state index in [1.54, 1.807) is 18.2 Å². The molecule has 0 amide bonds. The van der Waals surface area contributed by atoms with Crippen LogP contribution >= 0.6 is 11.6 Å². The van der Waals surface area contributed by atoms with Gasteiger partial charge < -0.3 is 9.94 Å². The molecule has 0 atom stereocenters. The molecule has 0 aliphatic rings. The third-order valence-corrected chi connectivity index (χ3v) is 1.63. The molecule has 1 rings (SSSR count). The first-order valence-electron chi connectivity index (χ1n) is 3.29. The van der Waals surface area contributed by atoms with Crippen molar-refractivity contribution in [3.8, 4) is 5.75 Å². The lowest BCUT2D eigenvalue weighted by molar-refractivity contribution is 0.321. The van der Waals surface area contributed by atoms with E-state index in [-0.39, 0.29) is 0 Å². The van der Waals surface area contributed by atoms with Gasteiger partial charge in [0.15, 0.2) is 0 Å². The molecule has 0 bridgehead atoms. The summed E-state index contributed by atoms with van der Waals surface area (Å²) in [4.78, 5) is 0. The van der Waals surface area contributed by atoms with E-state index in [1.165, 1.54) is 13.3 Å². The van der Waals surface area contributed by atoms with Gasteiger partial charge in [0.05, 0.1) is 13.3 Å². The van der Waals surface area contributed by atoms with E-state index >= 15 is 0 Å². The summed E-state index contributed by atoms with van der Waals surface area (Å²) in [5.74, 6) is 0.584. The van der Waals surface area contributed by atoms with E-state index in [2.05, 4.69) is 5.16 Å². The van der Waals surface area contributed by atoms with Crippen molar-refractivity contribution in [1.82, 2.24) is 0 Å². The van der Waals surface area contributed by atoms with Crippen molar-refractivity contribution in [2.75, 3.05) is 7.11 Å². The SMILES string of the molecule is COc1cc(Cl)ccc1/C=N\O. The predicted octanol–water partition coefficient (Wildman–Crippen LogP) is 2.16.